The van der Waals surface area contributed by atoms with Crippen LogP contribution in [0.4, 0.5) is 0 Å². The molecule has 2 aromatic heterocycles. The number of hydrazine groups is 1. The average Bonchev–Trinajstić information content (AvgIpc) is 3.26. The Kier molecular flexibility index (Phi) is 4.89. The molecule has 0 fully saturated rings. The largest absolute Gasteiger partial charge is 0.451 e. The quantitative estimate of drug-likeness (QED) is 0.661. The third-order valence-electron chi connectivity index (χ3n) is 3.06. The van der Waals surface area contributed by atoms with Crippen LogP contribution in [0.1, 0.15) is 20.2 Å². The van der Waals surface area contributed by atoms with Gasteiger partial charge in [-0.25, -0.2) is 0 Å². The van der Waals surface area contributed by atoms with E-state index in [-0.39, 0.29) is 5.76 Å². The van der Waals surface area contributed by atoms with Gasteiger partial charge in [-0.2, -0.15) is 0 Å². The van der Waals surface area contributed by atoms with Gasteiger partial charge in [0, 0.05) is 10.6 Å². The number of halogens is 2. The van der Waals surface area contributed by atoms with Gasteiger partial charge < -0.3 is 4.42 Å². The molecular weight excluding hydrogens is 371 g/mol. The Hall–Kier alpha value is -2.28. The summed E-state index contributed by atoms with van der Waals surface area (Å²) in [6.07, 6.45) is 0. The predicted molar refractivity (Wildman–Crippen MR) is 93.4 cm³/mol. The summed E-state index contributed by atoms with van der Waals surface area (Å²) in [5.74, 6) is -0.544. The van der Waals surface area contributed by atoms with Crippen molar-refractivity contribution in [3.63, 3.8) is 0 Å². The lowest BCUT2D eigenvalue weighted by Crippen LogP contribution is -2.41. The molecule has 0 bridgehead atoms. The number of carbonyl (C=O) groups is 2. The van der Waals surface area contributed by atoms with Gasteiger partial charge in [0.2, 0.25) is 0 Å². The summed E-state index contributed by atoms with van der Waals surface area (Å²) in [6.45, 7) is 0. The van der Waals surface area contributed by atoms with Crippen LogP contribution in [-0.2, 0) is 0 Å². The van der Waals surface area contributed by atoms with Crippen LogP contribution in [0.15, 0.2) is 52.3 Å². The molecule has 0 aliphatic carbocycles. The van der Waals surface area contributed by atoms with E-state index in [4.69, 9.17) is 27.6 Å². The molecule has 0 atom stereocenters. The molecule has 0 aliphatic rings. The zero-order valence-electron chi connectivity index (χ0n) is 12.0. The Labute approximate surface area is 151 Å². The van der Waals surface area contributed by atoms with Gasteiger partial charge in [-0.05, 0) is 41.8 Å². The van der Waals surface area contributed by atoms with Crippen LogP contribution in [-0.4, -0.2) is 11.8 Å². The minimum absolute atomic E-state index is 0.0347. The van der Waals surface area contributed by atoms with E-state index in [1.54, 1.807) is 41.8 Å². The van der Waals surface area contributed by atoms with Crippen molar-refractivity contribution < 1.29 is 14.0 Å². The van der Waals surface area contributed by atoms with Gasteiger partial charge in [0.25, 0.3) is 5.91 Å². The van der Waals surface area contributed by atoms with Gasteiger partial charge >= 0.3 is 5.91 Å². The Morgan fingerprint density at radius 2 is 1.79 bits per heavy atom. The van der Waals surface area contributed by atoms with Crippen molar-refractivity contribution in [2.45, 2.75) is 0 Å². The molecule has 1 aromatic carbocycles. The first kappa shape index (κ1) is 16.6. The first-order chi connectivity index (χ1) is 11.5. The molecule has 0 spiro atoms. The summed E-state index contributed by atoms with van der Waals surface area (Å²) in [5.41, 5.74) is 5.19. The molecule has 0 aliphatic heterocycles. The lowest BCUT2D eigenvalue weighted by molar-refractivity contribution is 0.0833. The fraction of sp³-hybridized carbons (Fsp3) is 0. The zero-order chi connectivity index (χ0) is 17.1. The number of hydrogen-bond acceptors (Lipinski definition) is 4. The van der Waals surface area contributed by atoms with E-state index in [2.05, 4.69) is 10.9 Å². The van der Waals surface area contributed by atoms with E-state index < -0.39 is 11.8 Å². The third kappa shape index (κ3) is 3.62. The summed E-state index contributed by atoms with van der Waals surface area (Å²) >= 11 is 13.3. The van der Waals surface area contributed by atoms with Gasteiger partial charge in [0.05, 0.1) is 9.90 Å². The highest BCUT2D eigenvalue weighted by Crippen LogP contribution is 2.31. The van der Waals surface area contributed by atoms with Crippen molar-refractivity contribution in [1.29, 1.82) is 0 Å². The monoisotopic (exact) mass is 380 g/mol. The number of furan rings is 1. The van der Waals surface area contributed by atoms with E-state index in [1.165, 1.54) is 17.4 Å². The molecule has 24 heavy (non-hydrogen) atoms. The molecule has 122 valence electrons. The molecule has 2 heterocycles. The summed E-state index contributed by atoms with van der Waals surface area (Å²) in [6, 6.07) is 11.4. The second-order valence-electron chi connectivity index (χ2n) is 4.67. The van der Waals surface area contributed by atoms with Crippen molar-refractivity contribution in [3.8, 4) is 11.3 Å². The Morgan fingerprint density at radius 1 is 1.00 bits per heavy atom. The van der Waals surface area contributed by atoms with E-state index >= 15 is 0 Å². The van der Waals surface area contributed by atoms with Crippen molar-refractivity contribution in [3.05, 3.63) is 68.5 Å². The molecule has 3 rings (SSSR count). The normalized spacial score (nSPS) is 10.4. The fourth-order valence-electron chi connectivity index (χ4n) is 1.94. The van der Waals surface area contributed by atoms with Crippen molar-refractivity contribution >= 4 is 46.4 Å². The standard InChI is InChI=1S/C16H10Cl2N2O3S/c17-9-3-4-11(18)10(8-9)12-5-6-13(23-12)15(21)19-20-16(22)14-2-1-7-24-14/h1-8H,(H,19,21)(H,20,22). The van der Waals surface area contributed by atoms with Crippen LogP contribution in [0, 0.1) is 0 Å². The van der Waals surface area contributed by atoms with Crippen LogP contribution in [0.25, 0.3) is 11.3 Å². The fourth-order valence-corrected chi connectivity index (χ4v) is 2.94. The van der Waals surface area contributed by atoms with Crippen LogP contribution in [0.5, 0.6) is 0 Å². The molecule has 3 aromatic rings. The van der Waals surface area contributed by atoms with Gasteiger partial charge in [-0.15, -0.1) is 11.3 Å². The predicted octanol–water partition coefficient (Wildman–Crippen LogP) is 4.39. The number of rotatable bonds is 3. The smallest absolute Gasteiger partial charge is 0.305 e. The van der Waals surface area contributed by atoms with Gasteiger partial charge in [0.1, 0.15) is 5.76 Å². The topological polar surface area (TPSA) is 71.3 Å². The molecule has 5 nitrogen and oxygen atoms in total. The molecule has 0 saturated carbocycles. The number of nitrogens with one attached hydrogen (secondary N) is 2. The number of amides is 2. The van der Waals surface area contributed by atoms with Gasteiger partial charge in [0.15, 0.2) is 5.76 Å². The maximum atomic E-state index is 12.0. The zero-order valence-corrected chi connectivity index (χ0v) is 14.3. The van der Waals surface area contributed by atoms with E-state index in [1.807, 2.05) is 0 Å². The van der Waals surface area contributed by atoms with Crippen LogP contribution in [0.2, 0.25) is 10.0 Å². The SMILES string of the molecule is O=C(NNC(=O)c1cccs1)c1ccc(-c2cc(Cl)ccc2Cl)o1. The Morgan fingerprint density at radius 3 is 2.54 bits per heavy atom. The minimum atomic E-state index is -0.579. The summed E-state index contributed by atoms with van der Waals surface area (Å²) < 4.78 is 5.49. The van der Waals surface area contributed by atoms with Crippen molar-refractivity contribution in [2.24, 2.45) is 0 Å². The molecule has 8 heteroatoms. The highest BCUT2D eigenvalue weighted by Gasteiger charge is 2.15. The Balaban J connectivity index is 1.70. The molecule has 0 unspecified atom stereocenters. The maximum Gasteiger partial charge on any atom is 0.305 e. The first-order valence-corrected chi connectivity index (χ1v) is 8.37. The number of benzene rings is 1. The van der Waals surface area contributed by atoms with E-state index in [0.29, 0.717) is 26.2 Å². The van der Waals surface area contributed by atoms with Crippen LogP contribution < -0.4 is 10.9 Å². The lowest BCUT2D eigenvalue weighted by atomic mass is 10.2. The lowest BCUT2D eigenvalue weighted by Gasteiger charge is -2.04. The van der Waals surface area contributed by atoms with Gasteiger partial charge in [-0.3, -0.25) is 20.4 Å². The highest BCUT2D eigenvalue weighted by atomic mass is 35.5. The van der Waals surface area contributed by atoms with Crippen molar-refractivity contribution in [1.82, 2.24) is 10.9 Å². The van der Waals surface area contributed by atoms with Crippen LogP contribution in [0.3, 0.4) is 0 Å². The molecule has 2 amide bonds. The molecular formula is C16H10Cl2N2O3S. The number of hydrogen-bond donors (Lipinski definition) is 2. The van der Waals surface area contributed by atoms with E-state index in [9.17, 15) is 9.59 Å². The minimum Gasteiger partial charge on any atom is -0.451 e. The summed E-state index contributed by atoms with van der Waals surface area (Å²) in [4.78, 5) is 24.3. The number of thiophene rings is 1. The highest BCUT2D eigenvalue weighted by molar-refractivity contribution is 7.12. The summed E-state index contributed by atoms with van der Waals surface area (Å²) in [7, 11) is 0. The molecule has 2 N–H and O–H groups in total. The second kappa shape index (κ2) is 7.09. The molecule has 0 saturated heterocycles. The van der Waals surface area contributed by atoms with Gasteiger partial charge in [-0.1, -0.05) is 29.3 Å². The third-order valence-corrected chi connectivity index (χ3v) is 4.49. The molecule has 0 radical (unpaired) electrons. The van der Waals surface area contributed by atoms with Crippen LogP contribution >= 0.6 is 34.5 Å². The maximum absolute atomic E-state index is 12.0. The summed E-state index contributed by atoms with van der Waals surface area (Å²) in [5, 5.41) is 2.72. The second-order valence-corrected chi connectivity index (χ2v) is 6.46. The van der Waals surface area contributed by atoms with Crippen molar-refractivity contribution in [2.75, 3.05) is 0 Å². The van der Waals surface area contributed by atoms with E-state index in [0.717, 1.165) is 0 Å². The Bertz CT molecular complexity index is 891. The first-order valence-electron chi connectivity index (χ1n) is 6.74. The average molecular weight is 381 g/mol. The number of carbonyl (C=O) groups excluding carboxylic acids is 2.